The molecular formula is C31H37FN2O3S. The van der Waals surface area contributed by atoms with Crippen molar-refractivity contribution in [2.24, 2.45) is 0 Å². The van der Waals surface area contributed by atoms with Crippen molar-refractivity contribution in [1.29, 1.82) is 0 Å². The summed E-state index contributed by atoms with van der Waals surface area (Å²) in [7, 11) is -1.87. The maximum atomic E-state index is 14.0. The van der Waals surface area contributed by atoms with E-state index in [4.69, 9.17) is 4.74 Å². The van der Waals surface area contributed by atoms with Crippen molar-refractivity contribution < 1.29 is 17.5 Å². The summed E-state index contributed by atoms with van der Waals surface area (Å²) in [5.74, 6) is -0.0259. The lowest BCUT2D eigenvalue weighted by molar-refractivity contribution is -0.0635. The first-order valence-electron chi connectivity index (χ1n) is 13.4. The number of methoxy groups -OCH3 is 1. The number of rotatable bonds is 6. The van der Waals surface area contributed by atoms with Crippen molar-refractivity contribution in [3.63, 3.8) is 0 Å². The zero-order valence-corrected chi connectivity index (χ0v) is 23.5. The lowest BCUT2D eigenvalue weighted by atomic mass is 9.74. The van der Waals surface area contributed by atoms with Gasteiger partial charge in [0.15, 0.2) is 0 Å². The van der Waals surface area contributed by atoms with Crippen LogP contribution in [0.5, 0.6) is 0 Å². The van der Waals surface area contributed by atoms with Gasteiger partial charge in [-0.05, 0) is 85.7 Å². The fraction of sp³-hybridized carbons (Fsp3) is 0.419. The number of fused-ring (bicyclic) bond motifs is 1. The Bertz CT molecular complexity index is 1410. The SMILES string of the molecule is COC[C@@H]1[C@@H](c2ccc(-c3ccc(F)c(C)c3C)cc2)C2CN(S(=O)(=O)c3ccccc3C)CCCCN21. The second-order valence-electron chi connectivity index (χ2n) is 10.7. The van der Waals surface area contributed by atoms with Crippen molar-refractivity contribution >= 4 is 10.0 Å². The van der Waals surface area contributed by atoms with Gasteiger partial charge in [0.2, 0.25) is 10.0 Å². The molecule has 0 N–H and O–H groups in total. The predicted octanol–water partition coefficient (Wildman–Crippen LogP) is 5.69. The highest BCUT2D eigenvalue weighted by atomic mass is 32.2. The summed E-state index contributed by atoms with van der Waals surface area (Å²) in [5.41, 5.74) is 5.65. The van der Waals surface area contributed by atoms with E-state index in [2.05, 4.69) is 29.2 Å². The third-order valence-electron chi connectivity index (χ3n) is 8.52. The van der Waals surface area contributed by atoms with Crippen LogP contribution in [0.1, 0.15) is 41.0 Å². The first-order chi connectivity index (χ1) is 18.2. The molecule has 3 atom stereocenters. The van der Waals surface area contributed by atoms with Crippen molar-refractivity contribution in [3.8, 4) is 11.1 Å². The van der Waals surface area contributed by atoms with Crippen molar-refractivity contribution in [2.45, 2.75) is 56.5 Å². The maximum absolute atomic E-state index is 14.0. The molecule has 0 radical (unpaired) electrons. The lowest BCUT2D eigenvalue weighted by Crippen LogP contribution is -2.68. The normalized spacial score (nSPS) is 22.8. The molecule has 3 aromatic rings. The third-order valence-corrected chi connectivity index (χ3v) is 10.5. The van der Waals surface area contributed by atoms with Crippen LogP contribution in [0.3, 0.4) is 0 Å². The molecule has 7 heteroatoms. The van der Waals surface area contributed by atoms with Gasteiger partial charge in [-0.1, -0.05) is 48.5 Å². The molecule has 0 aliphatic carbocycles. The van der Waals surface area contributed by atoms with Crippen LogP contribution in [0.15, 0.2) is 65.6 Å². The highest BCUT2D eigenvalue weighted by molar-refractivity contribution is 7.89. The van der Waals surface area contributed by atoms with Gasteiger partial charge in [0.25, 0.3) is 0 Å². The Morgan fingerprint density at radius 2 is 1.63 bits per heavy atom. The zero-order chi connectivity index (χ0) is 27.0. The molecule has 202 valence electrons. The van der Waals surface area contributed by atoms with E-state index in [-0.39, 0.29) is 23.8 Å². The van der Waals surface area contributed by atoms with Gasteiger partial charge in [-0.3, -0.25) is 4.90 Å². The van der Waals surface area contributed by atoms with Crippen LogP contribution in [-0.4, -0.2) is 63.1 Å². The van der Waals surface area contributed by atoms with Gasteiger partial charge in [-0.25, -0.2) is 12.8 Å². The second kappa shape index (κ2) is 10.9. The molecule has 5 rings (SSSR count). The van der Waals surface area contributed by atoms with Crippen LogP contribution in [0.4, 0.5) is 4.39 Å². The average Bonchev–Trinajstić information content (AvgIpc) is 2.89. The van der Waals surface area contributed by atoms with E-state index < -0.39 is 10.0 Å². The van der Waals surface area contributed by atoms with E-state index >= 15 is 0 Å². The fourth-order valence-corrected chi connectivity index (χ4v) is 7.97. The molecule has 0 aromatic heterocycles. The maximum Gasteiger partial charge on any atom is 0.243 e. The van der Waals surface area contributed by atoms with Gasteiger partial charge in [0.1, 0.15) is 5.82 Å². The summed E-state index contributed by atoms with van der Waals surface area (Å²) >= 11 is 0. The van der Waals surface area contributed by atoms with E-state index in [0.29, 0.717) is 30.2 Å². The van der Waals surface area contributed by atoms with E-state index in [1.807, 2.05) is 39.0 Å². The Kier molecular flexibility index (Phi) is 7.74. The number of sulfonamides is 1. The van der Waals surface area contributed by atoms with E-state index in [1.165, 1.54) is 11.6 Å². The largest absolute Gasteiger partial charge is 0.383 e. The topological polar surface area (TPSA) is 49.9 Å². The highest BCUT2D eigenvalue weighted by Gasteiger charge is 2.50. The molecule has 1 unspecified atom stereocenters. The Labute approximate surface area is 226 Å². The molecule has 38 heavy (non-hydrogen) atoms. The van der Waals surface area contributed by atoms with E-state index in [1.54, 1.807) is 23.5 Å². The number of hydrogen-bond acceptors (Lipinski definition) is 4. The number of benzene rings is 3. The molecule has 2 aliphatic rings. The molecule has 0 spiro atoms. The Morgan fingerprint density at radius 1 is 0.921 bits per heavy atom. The van der Waals surface area contributed by atoms with E-state index in [9.17, 15) is 12.8 Å². The summed E-state index contributed by atoms with van der Waals surface area (Å²) in [5, 5.41) is 0. The molecular weight excluding hydrogens is 499 g/mol. The van der Waals surface area contributed by atoms with Gasteiger partial charge < -0.3 is 4.74 Å². The summed E-state index contributed by atoms with van der Waals surface area (Å²) in [6.45, 7) is 8.16. The number of hydrogen-bond donors (Lipinski definition) is 0. The van der Waals surface area contributed by atoms with Crippen molar-refractivity contribution in [2.75, 3.05) is 33.4 Å². The molecule has 2 fully saturated rings. The summed E-state index contributed by atoms with van der Waals surface area (Å²) in [6.07, 6.45) is 1.79. The molecule has 5 nitrogen and oxygen atoms in total. The third kappa shape index (κ3) is 4.81. The van der Waals surface area contributed by atoms with Gasteiger partial charge in [0, 0.05) is 38.2 Å². The number of aryl methyl sites for hydroxylation is 1. The smallest absolute Gasteiger partial charge is 0.243 e. The molecule has 0 bridgehead atoms. The van der Waals surface area contributed by atoms with Crippen LogP contribution >= 0.6 is 0 Å². The van der Waals surface area contributed by atoms with Crippen LogP contribution in [-0.2, 0) is 14.8 Å². The van der Waals surface area contributed by atoms with Gasteiger partial charge in [0.05, 0.1) is 11.5 Å². The lowest BCUT2D eigenvalue weighted by Gasteiger charge is -2.57. The quantitative estimate of drug-likeness (QED) is 0.407. The first-order valence-corrected chi connectivity index (χ1v) is 14.8. The number of halogens is 1. The second-order valence-corrected chi connectivity index (χ2v) is 12.6. The predicted molar refractivity (Wildman–Crippen MR) is 149 cm³/mol. The van der Waals surface area contributed by atoms with Gasteiger partial charge in [-0.15, -0.1) is 0 Å². The Morgan fingerprint density at radius 3 is 2.34 bits per heavy atom. The molecule has 0 amide bonds. The minimum absolute atomic E-state index is 0.0786. The number of ether oxygens (including phenoxy) is 1. The van der Waals surface area contributed by atoms with Gasteiger partial charge >= 0.3 is 0 Å². The van der Waals surface area contributed by atoms with Crippen molar-refractivity contribution in [1.82, 2.24) is 9.21 Å². The molecule has 3 aromatic carbocycles. The Balaban J connectivity index is 1.46. The summed E-state index contributed by atoms with van der Waals surface area (Å²) < 4.78 is 48.8. The minimum atomic E-state index is -3.60. The highest BCUT2D eigenvalue weighted by Crippen LogP contribution is 2.43. The fourth-order valence-electron chi connectivity index (χ4n) is 6.25. The summed E-state index contributed by atoms with van der Waals surface area (Å²) in [4.78, 5) is 2.83. The van der Waals surface area contributed by atoms with Crippen molar-refractivity contribution in [3.05, 3.63) is 88.7 Å². The standard InChI is InChI=1S/C31H37FN2O3S/c1-21-9-5-6-10-30(21)38(35,36)33-17-7-8-18-34-28(19-33)31(29(34)20-37-4)25-13-11-24(12-14-25)26-15-16-27(32)23(3)22(26)2/h5-6,9-16,28-29,31H,7-8,17-20H2,1-4H3/t28?,29-,31+/m1/s1. The molecule has 2 saturated heterocycles. The molecule has 2 aliphatic heterocycles. The first kappa shape index (κ1) is 27.0. The average molecular weight is 537 g/mol. The monoisotopic (exact) mass is 536 g/mol. The summed E-state index contributed by atoms with van der Waals surface area (Å²) in [6, 6.07) is 19.4. The molecule has 2 heterocycles. The van der Waals surface area contributed by atoms with Gasteiger partial charge in [-0.2, -0.15) is 4.31 Å². The van der Waals surface area contributed by atoms with Crippen LogP contribution in [0, 0.1) is 26.6 Å². The molecule has 0 saturated carbocycles. The minimum Gasteiger partial charge on any atom is -0.383 e. The van der Waals surface area contributed by atoms with Crippen LogP contribution in [0.25, 0.3) is 11.1 Å². The van der Waals surface area contributed by atoms with E-state index in [0.717, 1.165) is 41.6 Å². The van der Waals surface area contributed by atoms with Crippen LogP contribution in [0.2, 0.25) is 0 Å². The Hall–Kier alpha value is -2.58. The zero-order valence-electron chi connectivity index (χ0n) is 22.7. The number of nitrogens with zero attached hydrogens (tertiary/aromatic N) is 2. The van der Waals surface area contributed by atoms with Crippen LogP contribution < -0.4 is 0 Å².